The highest BCUT2D eigenvalue weighted by Gasteiger charge is 2.26. The fourth-order valence-corrected chi connectivity index (χ4v) is 2.97. The average Bonchev–Trinajstić information content (AvgIpc) is 2.51. The van der Waals surface area contributed by atoms with Gasteiger partial charge in [0, 0.05) is 18.1 Å². The zero-order valence-electron chi connectivity index (χ0n) is 14.0. The van der Waals surface area contributed by atoms with E-state index in [2.05, 4.69) is 5.32 Å². The second-order valence-corrected chi connectivity index (χ2v) is 6.40. The first-order valence-corrected chi connectivity index (χ1v) is 8.25. The van der Waals surface area contributed by atoms with Crippen LogP contribution in [0.1, 0.15) is 25.3 Å². The highest BCUT2D eigenvalue weighted by Crippen LogP contribution is 2.23. The summed E-state index contributed by atoms with van der Waals surface area (Å²) in [5.41, 5.74) is 0.951. The van der Waals surface area contributed by atoms with Crippen LogP contribution in [0, 0.1) is 12.8 Å². The maximum atomic E-state index is 12.5. The first kappa shape index (κ1) is 20.1. The molecule has 1 aromatic carbocycles. The van der Waals surface area contributed by atoms with Gasteiger partial charge in [-0.1, -0.05) is 11.6 Å². The molecule has 1 fully saturated rings. The number of rotatable bonds is 5. The molecule has 1 atom stereocenters. The third kappa shape index (κ3) is 5.55. The Balaban J connectivity index is 0.00000264. The first-order valence-electron chi connectivity index (χ1n) is 7.87. The van der Waals surface area contributed by atoms with Crippen molar-refractivity contribution in [2.24, 2.45) is 5.92 Å². The standard InChI is InChI=1S/C17H25ClN2O2.ClH/c1-12-10-15(4-5-16(12)18)22-13(2)17(21)20-8-6-14(7-9-20)11-19-3;/h4-5,10,13-14,19H,6-9,11H2,1-3H3;1H. The zero-order valence-corrected chi connectivity index (χ0v) is 15.5. The van der Waals surface area contributed by atoms with E-state index in [4.69, 9.17) is 16.3 Å². The second-order valence-electron chi connectivity index (χ2n) is 6.00. The number of carbonyl (C=O) groups is 1. The van der Waals surface area contributed by atoms with E-state index in [1.54, 1.807) is 12.1 Å². The van der Waals surface area contributed by atoms with Crippen LogP contribution in [0.5, 0.6) is 5.75 Å². The van der Waals surface area contributed by atoms with E-state index in [-0.39, 0.29) is 18.3 Å². The van der Waals surface area contributed by atoms with E-state index in [1.807, 2.05) is 31.9 Å². The summed E-state index contributed by atoms with van der Waals surface area (Å²) in [7, 11) is 1.97. The number of nitrogens with zero attached hydrogens (tertiary/aromatic N) is 1. The number of amides is 1. The molecular weight excluding hydrogens is 335 g/mol. The van der Waals surface area contributed by atoms with Crippen LogP contribution < -0.4 is 10.1 Å². The van der Waals surface area contributed by atoms with Crippen molar-refractivity contribution in [3.63, 3.8) is 0 Å². The van der Waals surface area contributed by atoms with Crippen molar-refractivity contribution in [2.75, 3.05) is 26.7 Å². The van der Waals surface area contributed by atoms with Gasteiger partial charge in [-0.15, -0.1) is 12.4 Å². The van der Waals surface area contributed by atoms with Crippen molar-refractivity contribution in [3.8, 4) is 5.75 Å². The molecule has 23 heavy (non-hydrogen) atoms. The highest BCUT2D eigenvalue weighted by molar-refractivity contribution is 6.31. The van der Waals surface area contributed by atoms with Crippen molar-refractivity contribution >= 4 is 29.9 Å². The minimum absolute atomic E-state index is 0. The maximum Gasteiger partial charge on any atom is 0.263 e. The fraction of sp³-hybridized carbons (Fsp3) is 0.588. The Morgan fingerprint density at radius 1 is 1.43 bits per heavy atom. The molecule has 0 aliphatic carbocycles. The number of hydrogen-bond donors (Lipinski definition) is 1. The molecule has 1 heterocycles. The van der Waals surface area contributed by atoms with E-state index >= 15 is 0 Å². The first-order chi connectivity index (χ1) is 10.5. The second kappa shape index (κ2) is 9.36. The lowest BCUT2D eigenvalue weighted by molar-refractivity contribution is -0.139. The lowest BCUT2D eigenvalue weighted by atomic mass is 9.96. The summed E-state index contributed by atoms with van der Waals surface area (Å²) in [6.45, 7) is 6.40. The van der Waals surface area contributed by atoms with Gasteiger partial charge >= 0.3 is 0 Å². The minimum atomic E-state index is -0.471. The Morgan fingerprint density at radius 3 is 2.65 bits per heavy atom. The van der Waals surface area contributed by atoms with E-state index in [9.17, 15) is 4.79 Å². The van der Waals surface area contributed by atoms with Crippen molar-refractivity contribution in [3.05, 3.63) is 28.8 Å². The van der Waals surface area contributed by atoms with Gasteiger partial charge in [-0.2, -0.15) is 0 Å². The Kier molecular flexibility index (Phi) is 8.17. The summed E-state index contributed by atoms with van der Waals surface area (Å²) in [5.74, 6) is 1.42. The van der Waals surface area contributed by atoms with Gasteiger partial charge < -0.3 is 15.0 Å². The molecule has 1 amide bonds. The molecule has 0 spiro atoms. The summed E-state index contributed by atoms with van der Waals surface area (Å²) in [4.78, 5) is 14.4. The van der Waals surface area contributed by atoms with Crippen LogP contribution in [0.15, 0.2) is 18.2 Å². The van der Waals surface area contributed by atoms with Crippen molar-refractivity contribution < 1.29 is 9.53 Å². The third-order valence-corrected chi connectivity index (χ3v) is 4.63. The Hall–Kier alpha value is -0.970. The van der Waals surface area contributed by atoms with E-state index < -0.39 is 6.10 Å². The van der Waals surface area contributed by atoms with Crippen molar-refractivity contribution in [2.45, 2.75) is 32.8 Å². The van der Waals surface area contributed by atoms with Gasteiger partial charge in [0.2, 0.25) is 0 Å². The lowest BCUT2D eigenvalue weighted by Crippen LogP contribution is -2.45. The maximum absolute atomic E-state index is 12.5. The van der Waals surface area contributed by atoms with Gasteiger partial charge in [0.15, 0.2) is 6.10 Å². The van der Waals surface area contributed by atoms with Gasteiger partial charge in [0.05, 0.1) is 0 Å². The molecule has 1 aromatic rings. The smallest absolute Gasteiger partial charge is 0.263 e. The molecule has 1 unspecified atom stereocenters. The van der Waals surface area contributed by atoms with Gasteiger partial charge in [0.25, 0.3) is 5.91 Å². The summed E-state index contributed by atoms with van der Waals surface area (Å²) >= 11 is 6.00. The quantitative estimate of drug-likeness (QED) is 0.875. The molecule has 2 rings (SSSR count). The normalized spacial score (nSPS) is 16.6. The fourth-order valence-electron chi connectivity index (χ4n) is 2.85. The Morgan fingerprint density at radius 2 is 2.09 bits per heavy atom. The van der Waals surface area contributed by atoms with E-state index in [0.29, 0.717) is 16.7 Å². The third-order valence-electron chi connectivity index (χ3n) is 4.21. The SMILES string of the molecule is CNCC1CCN(C(=O)C(C)Oc2ccc(Cl)c(C)c2)CC1.Cl. The predicted octanol–water partition coefficient (Wildman–Crippen LogP) is 3.30. The lowest BCUT2D eigenvalue weighted by Gasteiger charge is -2.33. The molecule has 0 aromatic heterocycles. The zero-order chi connectivity index (χ0) is 16.1. The number of nitrogens with one attached hydrogen (secondary N) is 1. The van der Waals surface area contributed by atoms with Crippen molar-refractivity contribution in [1.82, 2.24) is 10.2 Å². The predicted molar refractivity (Wildman–Crippen MR) is 96.8 cm³/mol. The molecule has 1 saturated heterocycles. The molecular formula is C17H26Cl2N2O2. The number of benzene rings is 1. The summed E-state index contributed by atoms with van der Waals surface area (Å²) < 4.78 is 5.78. The van der Waals surface area contributed by atoms with Crippen LogP contribution >= 0.6 is 24.0 Å². The summed E-state index contributed by atoms with van der Waals surface area (Å²) in [6, 6.07) is 5.47. The Labute approximate surface area is 149 Å². The molecule has 130 valence electrons. The number of piperidine rings is 1. The topological polar surface area (TPSA) is 41.6 Å². The van der Waals surface area contributed by atoms with Crippen LogP contribution in [0.3, 0.4) is 0 Å². The van der Waals surface area contributed by atoms with Crippen LogP contribution in [-0.2, 0) is 4.79 Å². The van der Waals surface area contributed by atoms with Gasteiger partial charge in [-0.3, -0.25) is 4.79 Å². The number of ether oxygens (including phenoxy) is 1. The Bertz CT molecular complexity index is 517. The van der Waals surface area contributed by atoms with E-state index in [0.717, 1.165) is 38.0 Å². The van der Waals surface area contributed by atoms with Gasteiger partial charge in [0.1, 0.15) is 5.75 Å². The molecule has 4 nitrogen and oxygen atoms in total. The van der Waals surface area contributed by atoms with Gasteiger partial charge in [-0.05, 0) is 70.0 Å². The molecule has 0 saturated carbocycles. The number of hydrogen-bond acceptors (Lipinski definition) is 3. The van der Waals surface area contributed by atoms with Crippen LogP contribution in [0.25, 0.3) is 0 Å². The average molecular weight is 361 g/mol. The van der Waals surface area contributed by atoms with Crippen LogP contribution in [-0.4, -0.2) is 43.6 Å². The summed E-state index contributed by atoms with van der Waals surface area (Å²) in [5, 5.41) is 3.91. The molecule has 0 radical (unpaired) electrons. The molecule has 1 N–H and O–H groups in total. The van der Waals surface area contributed by atoms with Gasteiger partial charge in [-0.25, -0.2) is 0 Å². The number of halogens is 2. The summed E-state index contributed by atoms with van der Waals surface area (Å²) in [6.07, 6.45) is 1.64. The minimum Gasteiger partial charge on any atom is -0.481 e. The number of aryl methyl sites for hydroxylation is 1. The van der Waals surface area contributed by atoms with Crippen LogP contribution in [0.2, 0.25) is 5.02 Å². The van der Waals surface area contributed by atoms with Crippen LogP contribution in [0.4, 0.5) is 0 Å². The number of likely N-dealkylation sites (tertiary alicyclic amines) is 1. The highest BCUT2D eigenvalue weighted by atomic mass is 35.5. The molecule has 0 bridgehead atoms. The monoisotopic (exact) mass is 360 g/mol. The molecule has 1 aliphatic rings. The molecule has 6 heteroatoms. The largest absolute Gasteiger partial charge is 0.481 e. The molecule has 1 aliphatic heterocycles. The number of carbonyl (C=O) groups excluding carboxylic acids is 1. The van der Waals surface area contributed by atoms with Crippen molar-refractivity contribution in [1.29, 1.82) is 0 Å². The van der Waals surface area contributed by atoms with E-state index in [1.165, 1.54) is 0 Å².